The smallest absolute Gasteiger partial charge is 0.227 e. The molecule has 1 N–H and O–H groups in total. The van der Waals surface area contributed by atoms with Gasteiger partial charge in [-0.3, -0.25) is 0 Å². The molecule has 40 heavy (non-hydrogen) atoms. The number of nitrogens with one attached hydrogen (secondary N) is 1. The quantitative estimate of drug-likeness (QED) is 0.270. The highest BCUT2D eigenvalue weighted by Crippen LogP contribution is 2.32. The highest BCUT2D eigenvalue weighted by molar-refractivity contribution is 5.79. The molecule has 5 nitrogen and oxygen atoms in total. The van der Waals surface area contributed by atoms with Gasteiger partial charge in [-0.2, -0.15) is 4.98 Å². The predicted molar refractivity (Wildman–Crippen MR) is 157 cm³/mol. The number of anilines is 2. The highest BCUT2D eigenvalue weighted by Gasteiger charge is 2.27. The first-order valence-corrected chi connectivity index (χ1v) is 14.3. The molecule has 3 aromatic carbocycles. The summed E-state index contributed by atoms with van der Waals surface area (Å²) in [4.78, 5) is 14.6. The van der Waals surface area contributed by atoms with Gasteiger partial charge in [-0.05, 0) is 73.7 Å². The zero-order chi connectivity index (χ0) is 27.3. The van der Waals surface area contributed by atoms with E-state index in [1.807, 2.05) is 36.5 Å². The number of benzene rings is 3. The number of nitrogens with zero attached hydrogens (tertiary/aromatic N) is 4. The Labute approximate surface area is 234 Å². The van der Waals surface area contributed by atoms with Crippen molar-refractivity contribution in [2.45, 2.75) is 44.7 Å². The molecule has 4 aromatic rings. The number of hydrogen-bond acceptors (Lipinski definition) is 5. The van der Waals surface area contributed by atoms with Gasteiger partial charge in [0.05, 0.1) is 0 Å². The van der Waals surface area contributed by atoms with Crippen LogP contribution in [0.5, 0.6) is 0 Å². The molecule has 6 rings (SSSR count). The van der Waals surface area contributed by atoms with E-state index in [1.54, 1.807) is 0 Å². The van der Waals surface area contributed by atoms with Gasteiger partial charge >= 0.3 is 0 Å². The Morgan fingerprint density at radius 3 is 2.17 bits per heavy atom. The van der Waals surface area contributed by atoms with Gasteiger partial charge in [0.1, 0.15) is 17.5 Å². The van der Waals surface area contributed by atoms with E-state index < -0.39 is 11.6 Å². The summed E-state index contributed by atoms with van der Waals surface area (Å²) in [5.74, 6) is 0.0657. The molecule has 0 aliphatic carbocycles. The number of likely N-dealkylation sites (tertiary alicyclic amines) is 1. The third kappa shape index (κ3) is 5.85. The topological polar surface area (TPSA) is 44.3 Å². The van der Waals surface area contributed by atoms with Crippen LogP contribution in [0.25, 0.3) is 22.3 Å². The lowest BCUT2D eigenvalue weighted by atomic mass is 9.99. The number of hydrogen-bond donors (Lipinski definition) is 1. The summed E-state index contributed by atoms with van der Waals surface area (Å²) >= 11 is 0. The van der Waals surface area contributed by atoms with E-state index in [9.17, 15) is 8.78 Å². The summed E-state index contributed by atoms with van der Waals surface area (Å²) in [5.41, 5.74) is 3.91. The second-order valence-electron chi connectivity index (χ2n) is 10.7. The Kier molecular flexibility index (Phi) is 8.00. The summed E-state index contributed by atoms with van der Waals surface area (Å²) in [6.45, 7) is 4.19. The Balaban J connectivity index is 1.28. The first-order valence-electron chi connectivity index (χ1n) is 14.3. The van der Waals surface area contributed by atoms with Crippen LogP contribution in [-0.4, -0.2) is 47.1 Å². The van der Waals surface area contributed by atoms with Crippen LogP contribution >= 0.6 is 0 Å². The molecule has 0 radical (unpaired) electrons. The van der Waals surface area contributed by atoms with Gasteiger partial charge in [0.25, 0.3) is 0 Å². The van der Waals surface area contributed by atoms with Crippen LogP contribution in [0.4, 0.5) is 20.5 Å². The number of aromatic nitrogens is 2. The highest BCUT2D eigenvalue weighted by atomic mass is 19.1. The zero-order valence-corrected chi connectivity index (χ0v) is 22.7. The first-order chi connectivity index (χ1) is 19.7. The average molecular weight is 540 g/mol. The summed E-state index contributed by atoms with van der Waals surface area (Å²) in [6.07, 6.45) is 7.96. The van der Waals surface area contributed by atoms with Crippen molar-refractivity contribution in [1.82, 2.24) is 14.9 Å². The van der Waals surface area contributed by atoms with Crippen molar-refractivity contribution in [2.24, 2.45) is 0 Å². The molecule has 0 bridgehead atoms. The van der Waals surface area contributed by atoms with Crippen LogP contribution in [-0.2, 0) is 6.54 Å². The summed E-state index contributed by atoms with van der Waals surface area (Å²) in [6, 6.07) is 23.0. The minimum atomic E-state index is -0.575. The fourth-order valence-electron chi connectivity index (χ4n) is 5.96. The lowest BCUT2D eigenvalue weighted by Gasteiger charge is -2.40. The average Bonchev–Trinajstić information content (AvgIpc) is 3.02. The molecule has 0 spiro atoms. The van der Waals surface area contributed by atoms with E-state index in [0.717, 1.165) is 48.2 Å². The molecule has 0 unspecified atom stereocenters. The molecule has 0 atom stereocenters. The van der Waals surface area contributed by atoms with Gasteiger partial charge in [-0.15, -0.1) is 0 Å². The van der Waals surface area contributed by atoms with E-state index in [2.05, 4.69) is 39.4 Å². The maximum atomic E-state index is 14.5. The van der Waals surface area contributed by atoms with Crippen molar-refractivity contribution in [2.75, 3.05) is 36.4 Å². The number of rotatable bonds is 7. The van der Waals surface area contributed by atoms with Crippen LogP contribution in [0, 0.1) is 11.6 Å². The lowest BCUT2D eigenvalue weighted by molar-refractivity contribution is 0.141. The van der Waals surface area contributed by atoms with Gasteiger partial charge in [-0.1, -0.05) is 61.0 Å². The van der Waals surface area contributed by atoms with Crippen molar-refractivity contribution in [1.29, 1.82) is 0 Å². The van der Waals surface area contributed by atoms with Crippen molar-refractivity contribution in [3.05, 3.63) is 96.2 Å². The van der Waals surface area contributed by atoms with E-state index in [-0.39, 0.29) is 12.1 Å². The maximum absolute atomic E-state index is 14.5. The van der Waals surface area contributed by atoms with Crippen molar-refractivity contribution in [3.63, 3.8) is 0 Å². The predicted octanol–water partition coefficient (Wildman–Crippen LogP) is 7.16. The van der Waals surface area contributed by atoms with Crippen LogP contribution in [0.2, 0.25) is 0 Å². The standard InChI is InChI=1S/C33H35F2N5/c34-30-13-8-14-31(35)29(30)23-36-32-28(26-12-7-11-25(21-26)24-9-3-1-4-10-24)22-37-33(38-32)40-19-15-27(16-20-40)39-17-5-2-6-18-39/h1,3-4,7-14,21-22,27H,2,5-6,15-20,23H2,(H,36,37,38). The molecule has 0 amide bonds. The van der Waals surface area contributed by atoms with Gasteiger partial charge in [0.15, 0.2) is 0 Å². The van der Waals surface area contributed by atoms with Crippen molar-refractivity contribution < 1.29 is 8.78 Å². The van der Waals surface area contributed by atoms with Gasteiger partial charge < -0.3 is 15.1 Å². The van der Waals surface area contributed by atoms with Crippen molar-refractivity contribution >= 4 is 11.8 Å². The molecule has 0 saturated carbocycles. The van der Waals surface area contributed by atoms with Crippen molar-refractivity contribution in [3.8, 4) is 22.3 Å². The normalized spacial score (nSPS) is 16.7. The second-order valence-corrected chi connectivity index (χ2v) is 10.7. The minimum Gasteiger partial charge on any atom is -0.365 e. The van der Waals surface area contributed by atoms with Crippen LogP contribution < -0.4 is 10.2 Å². The van der Waals surface area contributed by atoms with E-state index in [1.165, 1.54) is 50.6 Å². The second kappa shape index (κ2) is 12.1. The number of piperidine rings is 2. The fraction of sp³-hybridized carbons (Fsp3) is 0.333. The third-order valence-corrected chi connectivity index (χ3v) is 8.21. The summed E-state index contributed by atoms with van der Waals surface area (Å²) < 4.78 is 28.9. The molecule has 206 valence electrons. The Bertz CT molecular complexity index is 1410. The molecular weight excluding hydrogens is 504 g/mol. The maximum Gasteiger partial charge on any atom is 0.227 e. The van der Waals surface area contributed by atoms with Crippen LogP contribution in [0.1, 0.15) is 37.7 Å². The summed E-state index contributed by atoms with van der Waals surface area (Å²) in [5, 5.41) is 3.24. The Morgan fingerprint density at radius 1 is 0.750 bits per heavy atom. The molecule has 2 saturated heterocycles. The molecule has 1 aromatic heterocycles. The molecule has 2 aliphatic heterocycles. The molecular formula is C33H35F2N5. The van der Waals surface area contributed by atoms with Gasteiger partial charge in [0.2, 0.25) is 5.95 Å². The van der Waals surface area contributed by atoms with E-state index in [4.69, 9.17) is 9.97 Å². The number of halogens is 2. The first kappa shape index (κ1) is 26.4. The van der Waals surface area contributed by atoms with Gasteiger partial charge in [-0.25, -0.2) is 13.8 Å². The van der Waals surface area contributed by atoms with Crippen LogP contribution in [0.15, 0.2) is 79.0 Å². The Morgan fingerprint density at radius 2 is 1.43 bits per heavy atom. The lowest BCUT2D eigenvalue weighted by Crippen LogP contribution is -2.47. The molecule has 2 fully saturated rings. The SMILES string of the molecule is Fc1cccc(F)c1CNc1nc(N2CCC(N3CCCCC3)CC2)ncc1-c1cccc(-c2ccccc2)c1. The Hall–Kier alpha value is -3.84. The molecule has 2 aliphatic rings. The van der Waals surface area contributed by atoms with Crippen LogP contribution in [0.3, 0.4) is 0 Å². The van der Waals surface area contributed by atoms with Gasteiger partial charge in [0, 0.05) is 43.0 Å². The fourth-order valence-corrected chi connectivity index (χ4v) is 5.96. The summed E-state index contributed by atoms with van der Waals surface area (Å²) in [7, 11) is 0. The monoisotopic (exact) mass is 539 g/mol. The largest absolute Gasteiger partial charge is 0.365 e. The molecule has 3 heterocycles. The zero-order valence-electron chi connectivity index (χ0n) is 22.7. The third-order valence-electron chi connectivity index (χ3n) is 8.21. The molecule has 7 heteroatoms. The van der Waals surface area contributed by atoms with E-state index >= 15 is 0 Å². The van der Waals surface area contributed by atoms with E-state index in [0.29, 0.717) is 17.8 Å². The minimum absolute atomic E-state index is 0.00556.